The number of aryl methyl sites for hydroxylation is 1. The smallest absolute Gasteiger partial charge is 0.404 e. The van der Waals surface area contributed by atoms with Crippen molar-refractivity contribution in [1.29, 1.82) is 0 Å². The van der Waals surface area contributed by atoms with E-state index in [0.29, 0.717) is 25.1 Å². The van der Waals surface area contributed by atoms with E-state index >= 15 is 0 Å². The molecule has 1 heterocycles. The van der Waals surface area contributed by atoms with Crippen molar-refractivity contribution in [3.05, 3.63) is 66.0 Å². The predicted molar refractivity (Wildman–Crippen MR) is 121 cm³/mol. The van der Waals surface area contributed by atoms with Crippen LogP contribution < -0.4 is 10.6 Å². The molecule has 0 saturated carbocycles. The van der Waals surface area contributed by atoms with Crippen molar-refractivity contribution in [2.75, 3.05) is 6.54 Å². The number of carbonyl (C=O) groups is 3. The van der Waals surface area contributed by atoms with E-state index < -0.39 is 12.0 Å². The van der Waals surface area contributed by atoms with Gasteiger partial charge in [0.2, 0.25) is 11.8 Å². The first-order valence-corrected chi connectivity index (χ1v) is 10.7. The molecule has 32 heavy (non-hydrogen) atoms. The van der Waals surface area contributed by atoms with E-state index in [4.69, 9.17) is 5.11 Å². The number of fused-ring (bicyclic) bond motifs is 1. The number of nitrogens with one attached hydrogen (secondary N) is 3. The quantitative estimate of drug-likeness (QED) is 0.386. The Kier molecular flexibility index (Phi) is 7.96. The van der Waals surface area contributed by atoms with E-state index in [2.05, 4.69) is 20.6 Å². The summed E-state index contributed by atoms with van der Waals surface area (Å²) in [5.74, 6) is -0.898. The molecule has 0 aliphatic carbocycles. The number of nitrogens with zero attached hydrogens (tertiary/aromatic N) is 1. The van der Waals surface area contributed by atoms with Gasteiger partial charge in [-0.15, -0.1) is 0 Å². The molecular weight excluding hydrogens is 408 g/mol. The van der Waals surface area contributed by atoms with Crippen molar-refractivity contribution in [3.8, 4) is 0 Å². The van der Waals surface area contributed by atoms with Crippen LogP contribution in [0, 0.1) is 5.92 Å². The Morgan fingerprint density at radius 1 is 1.03 bits per heavy atom. The molecule has 3 amide bonds. The molecule has 168 valence electrons. The van der Waals surface area contributed by atoms with Crippen molar-refractivity contribution >= 4 is 28.9 Å². The van der Waals surface area contributed by atoms with Crippen LogP contribution in [0.2, 0.25) is 0 Å². The number of carboxylic acid groups (broad SMARTS) is 1. The standard InChI is InChI=1S/C24H28N4O4/c1-16(13-14-25-24(31)32)15-21(29)28-23(30)18(12-11-17-7-3-2-4-8-17)22-26-19-9-5-6-10-20(19)27-22/h2-10,16,18,25H,11-15H2,1H3,(H,26,27)(H,31,32)(H,28,29,30). The van der Waals surface area contributed by atoms with Crippen LogP contribution in [0.15, 0.2) is 54.6 Å². The average Bonchev–Trinajstić information content (AvgIpc) is 3.18. The third-order valence-electron chi connectivity index (χ3n) is 5.33. The van der Waals surface area contributed by atoms with Gasteiger partial charge in [-0.3, -0.25) is 14.9 Å². The zero-order valence-corrected chi connectivity index (χ0v) is 18.0. The second kappa shape index (κ2) is 11.1. The number of amides is 3. The average molecular weight is 437 g/mol. The summed E-state index contributed by atoms with van der Waals surface area (Å²) in [6.07, 6.45) is 0.722. The number of hydrogen-bond acceptors (Lipinski definition) is 4. The van der Waals surface area contributed by atoms with Crippen LogP contribution in [0.5, 0.6) is 0 Å². The van der Waals surface area contributed by atoms with E-state index in [0.717, 1.165) is 16.6 Å². The molecule has 2 atom stereocenters. The van der Waals surface area contributed by atoms with E-state index in [9.17, 15) is 14.4 Å². The van der Waals surface area contributed by atoms with Crippen molar-refractivity contribution < 1.29 is 19.5 Å². The van der Waals surface area contributed by atoms with Crippen molar-refractivity contribution in [3.63, 3.8) is 0 Å². The Labute approximate surface area is 186 Å². The highest BCUT2D eigenvalue weighted by Gasteiger charge is 2.26. The van der Waals surface area contributed by atoms with Crippen LogP contribution in [-0.2, 0) is 16.0 Å². The van der Waals surface area contributed by atoms with Gasteiger partial charge in [0, 0.05) is 13.0 Å². The molecule has 0 aliphatic heterocycles. The van der Waals surface area contributed by atoms with Crippen molar-refractivity contribution in [2.45, 2.75) is 38.5 Å². The molecule has 3 rings (SSSR count). The molecule has 1 aromatic heterocycles. The van der Waals surface area contributed by atoms with E-state index in [1.54, 1.807) is 0 Å². The maximum absolute atomic E-state index is 13.1. The van der Waals surface area contributed by atoms with E-state index in [-0.39, 0.29) is 30.7 Å². The monoisotopic (exact) mass is 436 g/mol. The minimum atomic E-state index is -1.09. The SMILES string of the molecule is CC(CCNC(=O)O)CC(=O)NC(=O)C(CCc1ccccc1)c1nc2ccccc2[nH]1. The van der Waals surface area contributed by atoms with E-state index in [1.807, 2.05) is 61.5 Å². The number of imide groups is 1. The summed E-state index contributed by atoms with van der Waals surface area (Å²) in [5, 5.41) is 13.4. The maximum Gasteiger partial charge on any atom is 0.404 e. The molecule has 0 fully saturated rings. The Morgan fingerprint density at radius 3 is 2.47 bits per heavy atom. The van der Waals surface area contributed by atoms with Gasteiger partial charge in [0.15, 0.2) is 0 Å². The Balaban J connectivity index is 1.67. The Hall–Kier alpha value is -3.68. The van der Waals surface area contributed by atoms with Gasteiger partial charge >= 0.3 is 6.09 Å². The fourth-order valence-electron chi connectivity index (χ4n) is 3.60. The Morgan fingerprint density at radius 2 is 1.75 bits per heavy atom. The summed E-state index contributed by atoms with van der Waals surface area (Å²) >= 11 is 0. The number of carbonyl (C=O) groups excluding carboxylic acids is 2. The minimum Gasteiger partial charge on any atom is -0.465 e. The molecule has 2 aromatic carbocycles. The number of rotatable bonds is 10. The molecule has 0 aliphatic rings. The normalized spacial score (nSPS) is 12.8. The molecule has 8 nitrogen and oxygen atoms in total. The molecular formula is C24H28N4O4. The zero-order chi connectivity index (χ0) is 22.9. The molecule has 2 unspecified atom stereocenters. The molecule has 0 bridgehead atoms. The van der Waals surface area contributed by atoms with Crippen molar-refractivity contribution in [1.82, 2.24) is 20.6 Å². The van der Waals surface area contributed by atoms with Crippen LogP contribution in [0.3, 0.4) is 0 Å². The van der Waals surface area contributed by atoms with Gasteiger partial charge < -0.3 is 15.4 Å². The number of imidazole rings is 1. The van der Waals surface area contributed by atoms with Crippen molar-refractivity contribution in [2.24, 2.45) is 5.92 Å². The first kappa shape index (κ1) is 23.0. The summed E-state index contributed by atoms with van der Waals surface area (Å²) in [7, 11) is 0. The second-order valence-electron chi connectivity index (χ2n) is 7.96. The van der Waals surface area contributed by atoms with Gasteiger partial charge in [-0.05, 0) is 42.9 Å². The molecule has 0 spiro atoms. The molecule has 3 aromatic rings. The lowest BCUT2D eigenvalue weighted by atomic mass is 9.97. The number of benzene rings is 2. The van der Waals surface area contributed by atoms with Gasteiger partial charge in [0.25, 0.3) is 0 Å². The number of H-pyrrole nitrogens is 1. The largest absolute Gasteiger partial charge is 0.465 e. The van der Waals surface area contributed by atoms with Gasteiger partial charge in [-0.25, -0.2) is 9.78 Å². The molecule has 4 N–H and O–H groups in total. The van der Waals surface area contributed by atoms with Gasteiger partial charge in [0.1, 0.15) is 5.82 Å². The topological polar surface area (TPSA) is 124 Å². The first-order chi connectivity index (χ1) is 15.4. The summed E-state index contributed by atoms with van der Waals surface area (Å²) in [6, 6.07) is 17.4. The third kappa shape index (κ3) is 6.66. The third-order valence-corrected chi connectivity index (χ3v) is 5.33. The fourth-order valence-corrected chi connectivity index (χ4v) is 3.60. The van der Waals surface area contributed by atoms with E-state index in [1.165, 1.54) is 0 Å². The van der Waals surface area contributed by atoms with Crippen LogP contribution in [-0.4, -0.2) is 39.5 Å². The molecule has 0 saturated heterocycles. The van der Waals surface area contributed by atoms with Gasteiger partial charge in [0.05, 0.1) is 17.0 Å². The Bertz CT molecular complexity index is 1030. The summed E-state index contributed by atoms with van der Waals surface area (Å²) in [5.41, 5.74) is 2.71. The van der Waals surface area contributed by atoms with Crippen LogP contribution in [0.4, 0.5) is 4.79 Å². The highest BCUT2D eigenvalue weighted by Crippen LogP contribution is 2.23. The minimum absolute atomic E-state index is 0.0661. The maximum atomic E-state index is 13.1. The highest BCUT2D eigenvalue weighted by atomic mass is 16.4. The van der Waals surface area contributed by atoms with Crippen LogP contribution in [0.25, 0.3) is 11.0 Å². The lowest BCUT2D eigenvalue weighted by Gasteiger charge is -2.16. The zero-order valence-electron chi connectivity index (χ0n) is 18.0. The second-order valence-corrected chi connectivity index (χ2v) is 7.96. The number of hydrogen-bond donors (Lipinski definition) is 4. The molecule has 8 heteroatoms. The number of aromatic nitrogens is 2. The fraction of sp³-hybridized carbons (Fsp3) is 0.333. The highest BCUT2D eigenvalue weighted by molar-refractivity contribution is 5.98. The number of aromatic amines is 1. The van der Waals surface area contributed by atoms with Crippen LogP contribution in [0.1, 0.15) is 43.5 Å². The lowest BCUT2D eigenvalue weighted by Crippen LogP contribution is -2.36. The van der Waals surface area contributed by atoms with Gasteiger partial charge in [-0.2, -0.15) is 0 Å². The molecule has 0 radical (unpaired) electrons. The summed E-state index contributed by atoms with van der Waals surface area (Å²) < 4.78 is 0. The first-order valence-electron chi connectivity index (χ1n) is 10.7. The lowest BCUT2D eigenvalue weighted by molar-refractivity contribution is -0.131. The summed E-state index contributed by atoms with van der Waals surface area (Å²) in [6.45, 7) is 2.11. The number of para-hydroxylation sites is 2. The van der Waals surface area contributed by atoms with Gasteiger partial charge in [-0.1, -0.05) is 49.4 Å². The van der Waals surface area contributed by atoms with Crippen LogP contribution >= 0.6 is 0 Å². The predicted octanol–water partition coefficient (Wildman–Crippen LogP) is 3.61. The summed E-state index contributed by atoms with van der Waals surface area (Å²) in [4.78, 5) is 43.8.